The Morgan fingerprint density at radius 3 is 3.00 bits per heavy atom. The maximum absolute atomic E-state index is 11.1. The van der Waals surface area contributed by atoms with E-state index in [9.17, 15) is 4.79 Å². The first-order valence-corrected chi connectivity index (χ1v) is 5.66. The first kappa shape index (κ1) is 10.4. The van der Waals surface area contributed by atoms with E-state index in [1.165, 1.54) is 24.9 Å². The van der Waals surface area contributed by atoms with Gasteiger partial charge in [0.05, 0.1) is 0 Å². The number of rotatable bonds is 2. The molecular weight excluding hydrogens is 188 g/mol. The molecule has 2 rings (SSSR count). The fourth-order valence-electron chi connectivity index (χ4n) is 2.51. The molecule has 1 fully saturated rings. The fourth-order valence-corrected chi connectivity index (χ4v) is 2.51. The average Bonchev–Trinajstić information content (AvgIpc) is 2.65. The van der Waals surface area contributed by atoms with Crippen molar-refractivity contribution >= 4 is 0 Å². The number of aromatic nitrogens is 1. The summed E-state index contributed by atoms with van der Waals surface area (Å²) < 4.78 is 0. The summed E-state index contributed by atoms with van der Waals surface area (Å²) in [7, 11) is 0. The van der Waals surface area contributed by atoms with Gasteiger partial charge in [-0.3, -0.25) is 9.69 Å². The van der Waals surface area contributed by atoms with Crippen LogP contribution in [0.3, 0.4) is 0 Å². The van der Waals surface area contributed by atoms with Crippen LogP contribution < -0.4 is 5.56 Å². The smallest absolute Gasteiger partial charge is 0.248 e. The second-order valence-corrected chi connectivity index (χ2v) is 4.19. The highest BCUT2D eigenvalue weighted by molar-refractivity contribution is 5.23. The molecule has 3 nitrogen and oxygen atoms in total. The van der Waals surface area contributed by atoms with Gasteiger partial charge in [0, 0.05) is 17.8 Å². The van der Waals surface area contributed by atoms with E-state index < -0.39 is 0 Å². The SMILES string of the molecule is CCN1CCC[C@@H]1c1ccc(=O)[nH]c1C. The summed E-state index contributed by atoms with van der Waals surface area (Å²) in [5.74, 6) is 0. The predicted octanol–water partition coefficient (Wildman–Crippen LogP) is 1.84. The number of aryl methyl sites for hydroxylation is 1. The largest absolute Gasteiger partial charge is 0.326 e. The number of pyridine rings is 1. The monoisotopic (exact) mass is 206 g/mol. The number of H-pyrrole nitrogens is 1. The molecule has 1 saturated heterocycles. The Bertz CT molecular complexity index is 397. The van der Waals surface area contributed by atoms with Crippen molar-refractivity contribution in [3.05, 3.63) is 33.7 Å². The molecule has 0 radical (unpaired) electrons. The van der Waals surface area contributed by atoms with Gasteiger partial charge >= 0.3 is 0 Å². The lowest BCUT2D eigenvalue weighted by molar-refractivity contribution is 0.270. The van der Waals surface area contributed by atoms with Crippen LogP contribution in [0.5, 0.6) is 0 Å². The van der Waals surface area contributed by atoms with E-state index in [1.54, 1.807) is 6.07 Å². The second-order valence-electron chi connectivity index (χ2n) is 4.19. The number of aromatic amines is 1. The van der Waals surface area contributed by atoms with Crippen molar-refractivity contribution in [1.29, 1.82) is 0 Å². The van der Waals surface area contributed by atoms with Gasteiger partial charge in [-0.25, -0.2) is 0 Å². The van der Waals surface area contributed by atoms with Gasteiger partial charge < -0.3 is 4.98 Å². The van der Waals surface area contributed by atoms with E-state index >= 15 is 0 Å². The lowest BCUT2D eigenvalue weighted by Gasteiger charge is -2.24. The van der Waals surface area contributed by atoms with Crippen LogP contribution in [0.2, 0.25) is 0 Å². The first-order valence-electron chi connectivity index (χ1n) is 5.66. The minimum Gasteiger partial charge on any atom is -0.326 e. The fraction of sp³-hybridized carbons (Fsp3) is 0.583. The highest BCUT2D eigenvalue weighted by Gasteiger charge is 2.25. The summed E-state index contributed by atoms with van der Waals surface area (Å²) in [6.07, 6.45) is 2.47. The molecule has 0 amide bonds. The number of hydrogen-bond donors (Lipinski definition) is 1. The van der Waals surface area contributed by atoms with Gasteiger partial charge in [0.25, 0.3) is 0 Å². The molecule has 2 heterocycles. The molecule has 1 N–H and O–H groups in total. The van der Waals surface area contributed by atoms with Crippen molar-refractivity contribution in [3.8, 4) is 0 Å². The van der Waals surface area contributed by atoms with Crippen molar-refractivity contribution in [2.75, 3.05) is 13.1 Å². The highest BCUT2D eigenvalue weighted by Crippen LogP contribution is 2.31. The van der Waals surface area contributed by atoms with Crippen molar-refractivity contribution in [3.63, 3.8) is 0 Å². The van der Waals surface area contributed by atoms with Crippen LogP contribution in [0.15, 0.2) is 16.9 Å². The van der Waals surface area contributed by atoms with Crippen LogP contribution in [0.4, 0.5) is 0 Å². The summed E-state index contributed by atoms with van der Waals surface area (Å²) >= 11 is 0. The van der Waals surface area contributed by atoms with Crippen LogP contribution in [0, 0.1) is 6.92 Å². The van der Waals surface area contributed by atoms with Gasteiger partial charge in [-0.1, -0.05) is 13.0 Å². The standard InChI is InChI=1S/C12H18N2O/c1-3-14-8-4-5-11(14)10-6-7-12(15)13-9(10)2/h6-7,11H,3-5,8H2,1-2H3,(H,13,15)/t11-/m1/s1. The molecule has 0 saturated carbocycles. The van der Waals surface area contributed by atoms with Gasteiger partial charge in [-0.2, -0.15) is 0 Å². The lowest BCUT2D eigenvalue weighted by atomic mass is 10.0. The molecule has 1 atom stereocenters. The van der Waals surface area contributed by atoms with E-state index in [-0.39, 0.29) is 5.56 Å². The predicted molar refractivity (Wildman–Crippen MR) is 61.0 cm³/mol. The Morgan fingerprint density at radius 1 is 1.53 bits per heavy atom. The van der Waals surface area contributed by atoms with Gasteiger partial charge in [-0.05, 0) is 38.4 Å². The van der Waals surface area contributed by atoms with Gasteiger partial charge in [-0.15, -0.1) is 0 Å². The van der Waals surface area contributed by atoms with Crippen molar-refractivity contribution in [1.82, 2.24) is 9.88 Å². The molecule has 15 heavy (non-hydrogen) atoms. The molecule has 82 valence electrons. The molecular formula is C12H18N2O. The summed E-state index contributed by atoms with van der Waals surface area (Å²) in [4.78, 5) is 16.5. The maximum Gasteiger partial charge on any atom is 0.248 e. The Balaban J connectivity index is 2.32. The van der Waals surface area contributed by atoms with Gasteiger partial charge in [0.1, 0.15) is 0 Å². The Hall–Kier alpha value is -1.09. The molecule has 0 bridgehead atoms. The maximum atomic E-state index is 11.1. The average molecular weight is 206 g/mol. The van der Waals surface area contributed by atoms with Crippen LogP contribution in [-0.2, 0) is 0 Å². The van der Waals surface area contributed by atoms with Crippen LogP contribution in [0.25, 0.3) is 0 Å². The molecule has 1 aliphatic heterocycles. The summed E-state index contributed by atoms with van der Waals surface area (Å²) in [5.41, 5.74) is 2.30. The number of nitrogens with zero attached hydrogens (tertiary/aromatic N) is 1. The van der Waals surface area contributed by atoms with Crippen molar-refractivity contribution in [2.45, 2.75) is 32.7 Å². The Morgan fingerprint density at radius 2 is 2.33 bits per heavy atom. The number of hydrogen-bond acceptors (Lipinski definition) is 2. The van der Waals surface area contributed by atoms with E-state index in [0.717, 1.165) is 12.2 Å². The first-order chi connectivity index (χ1) is 7.22. The molecule has 1 aromatic rings. The minimum atomic E-state index is -0.00250. The number of nitrogens with one attached hydrogen (secondary N) is 1. The van der Waals surface area contributed by atoms with Gasteiger partial charge in [0.2, 0.25) is 5.56 Å². The zero-order valence-electron chi connectivity index (χ0n) is 9.42. The van der Waals surface area contributed by atoms with E-state index in [1.807, 2.05) is 13.0 Å². The quantitative estimate of drug-likeness (QED) is 0.801. The third kappa shape index (κ3) is 1.97. The Labute approximate surface area is 90.1 Å². The summed E-state index contributed by atoms with van der Waals surface area (Å²) in [6, 6.07) is 4.12. The van der Waals surface area contributed by atoms with E-state index in [4.69, 9.17) is 0 Å². The molecule has 3 heteroatoms. The third-order valence-electron chi connectivity index (χ3n) is 3.29. The molecule has 0 spiro atoms. The minimum absolute atomic E-state index is 0.00250. The topological polar surface area (TPSA) is 36.1 Å². The molecule has 0 aliphatic carbocycles. The molecule has 1 aliphatic rings. The van der Waals surface area contributed by atoms with Crippen LogP contribution >= 0.6 is 0 Å². The molecule has 0 unspecified atom stereocenters. The molecule has 1 aromatic heterocycles. The Kier molecular flexibility index (Phi) is 2.91. The normalized spacial score (nSPS) is 22.1. The number of likely N-dealkylation sites (tertiary alicyclic amines) is 1. The second kappa shape index (κ2) is 4.19. The van der Waals surface area contributed by atoms with E-state index in [0.29, 0.717) is 6.04 Å². The third-order valence-corrected chi connectivity index (χ3v) is 3.29. The lowest BCUT2D eigenvalue weighted by Crippen LogP contribution is -2.24. The van der Waals surface area contributed by atoms with E-state index in [2.05, 4.69) is 16.8 Å². The summed E-state index contributed by atoms with van der Waals surface area (Å²) in [6.45, 7) is 6.45. The van der Waals surface area contributed by atoms with Crippen molar-refractivity contribution < 1.29 is 0 Å². The van der Waals surface area contributed by atoms with Gasteiger partial charge in [0.15, 0.2) is 0 Å². The van der Waals surface area contributed by atoms with Crippen LogP contribution in [-0.4, -0.2) is 23.0 Å². The zero-order chi connectivity index (χ0) is 10.8. The molecule has 0 aromatic carbocycles. The van der Waals surface area contributed by atoms with Crippen LogP contribution in [0.1, 0.15) is 37.1 Å². The highest BCUT2D eigenvalue weighted by atomic mass is 16.1. The van der Waals surface area contributed by atoms with Crippen molar-refractivity contribution in [2.24, 2.45) is 0 Å². The summed E-state index contributed by atoms with van der Waals surface area (Å²) in [5, 5.41) is 0. The zero-order valence-corrected chi connectivity index (χ0v) is 9.42.